The van der Waals surface area contributed by atoms with Gasteiger partial charge in [-0.05, 0) is 41.5 Å². The van der Waals surface area contributed by atoms with E-state index in [0.29, 0.717) is 6.42 Å². The zero-order chi connectivity index (χ0) is 14.9. The molecule has 3 nitrogen and oxygen atoms in total. The van der Waals surface area contributed by atoms with Crippen molar-refractivity contribution in [1.29, 1.82) is 0 Å². The second kappa shape index (κ2) is 6.01. The Morgan fingerprint density at radius 2 is 2.10 bits per heavy atom. The van der Waals surface area contributed by atoms with Crippen molar-refractivity contribution in [3.8, 4) is 0 Å². The number of aromatic nitrogens is 2. The molecule has 2 aromatic rings. The molecule has 1 aromatic carbocycles. The van der Waals surface area contributed by atoms with Crippen molar-refractivity contribution in [1.82, 2.24) is 15.1 Å². The molecule has 0 radical (unpaired) electrons. The molecule has 1 N–H and O–H groups in total. The summed E-state index contributed by atoms with van der Waals surface area (Å²) < 4.78 is 30.2. The molecule has 2 rings (SSSR count). The van der Waals surface area contributed by atoms with Gasteiger partial charge >= 0.3 is 0 Å². The molecule has 0 fully saturated rings. The van der Waals surface area contributed by atoms with E-state index in [1.165, 1.54) is 12.1 Å². The van der Waals surface area contributed by atoms with E-state index in [0.717, 1.165) is 11.3 Å². The van der Waals surface area contributed by atoms with Crippen LogP contribution in [-0.2, 0) is 13.5 Å². The number of rotatable bonds is 4. The number of nitrogens with zero attached hydrogens (tertiary/aromatic N) is 2. The molecule has 6 heteroatoms. The molecule has 1 heterocycles. The minimum Gasteiger partial charge on any atom is -0.309 e. The van der Waals surface area contributed by atoms with Crippen LogP contribution < -0.4 is 5.32 Å². The highest BCUT2D eigenvalue weighted by Crippen LogP contribution is 2.31. The molecule has 108 valence electrons. The predicted octanol–water partition coefficient (Wildman–Crippen LogP) is 3.33. The summed E-state index contributed by atoms with van der Waals surface area (Å²) >= 11 is 3.10. The first-order valence-corrected chi connectivity index (χ1v) is 7.12. The molecule has 0 bridgehead atoms. The lowest BCUT2D eigenvalue weighted by molar-refractivity contribution is 0.517. The van der Waals surface area contributed by atoms with E-state index in [2.05, 4.69) is 26.3 Å². The summed E-state index contributed by atoms with van der Waals surface area (Å²) in [6.45, 7) is 1.96. The first kappa shape index (κ1) is 15.1. The Kier molecular flexibility index (Phi) is 4.55. The van der Waals surface area contributed by atoms with Gasteiger partial charge in [0.1, 0.15) is 11.6 Å². The highest BCUT2D eigenvalue weighted by atomic mass is 79.9. The number of aryl methyl sites for hydroxylation is 2. The maximum absolute atomic E-state index is 14.3. The highest BCUT2D eigenvalue weighted by Gasteiger charge is 2.25. The van der Waals surface area contributed by atoms with E-state index in [4.69, 9.17) is 0 Å². The predicted molar refractivity (Wildman–Crippen MR) is 77.5 cm³/mol. The van der Waals surface area contributed by atoms with Crippen LogP contribution in [-0.4, -0.2) is 16.8 Å². The summed E-state index contributed by atoms with van der Waals surface area (Å²) in [5.41, 5.74) is 1.61. The van der Waals surface area contributed by atoms with Crippen LogP contribution in [0.25, 0.3) is 0 Å². The van der Waals surface area contributed by atoms with Gasteiger partial charge in [0.25, 0.3) is 0 Å². The molecule has 0 aliphatic rings. The number of halogens is 3. The lowest BCUT2D eigenvalue weighted by Crippen LogP contribution is -2.21. The third-order valence-electron chi connectivity index (χ3n) is 3.24. The van der Waals surface area contributed by atoms with Crippen LogP contribution in [0.1, 0.15) is 29.8 Å². The summed E-state index contributed by atoms with van der Waals surface area (Å²) in [6.07, 6.45) is 2.49. The van der Waals surface area contributed by atoms with Crippen molar-refractivity contribution in [2.24, 2.45) is 7.05 Å². The van der Waals surface area contributed by atoms with Gasteiger partial charge in [0, 0.05) is 24.4 Å². The smallest absolute Gasteiger partial charge is 0.145 e. The van der Waals surface area contributed by atoms with Crippen molar-refractivity contribution >= 4 is 15.9 Å². The second-order valence-corrected chi connectivity index (χ2v) is 5.39. The topological polar surface area (TPSA) is 29.9 Å². The minimum absolute atomic E-state index is 0.00424. The van der Waals surface area contributed by atoms with Crippen molar-refractivity contribution in [3.63, 3.8) is 0 Å². The summed E-state index contributed by atoms with van der Waals surface area (Å²) in [7, 11) is 3.47. The fourth-order valence-electron chi connectivity index (χ4n) is 2.33. The highest BCUT2D eigenvalue weighted by molar-refractivity contribution is 9.10. The van der Waals surface area contributed by atoms with Gasteiger partial charge in [-0.1, -0.05) is 6.92 Å². The van der Waals surface area contributed by atoms with Crippen molar-refractivity contribution in [2.75, 3.05) is 7.05 Å². The average molecular weight is 344 g/mol. The van der Waals surface area contributed by atoms with Crippen LogP contribution in [0.5, 0.6) is 0 Å². The fourth-order valence-corrected chi connectivity index (χ4v) is 2.68. The van der Waals surface area contributed by atoms with Crippen LogP contribution >= 0.6 is 15.9 Å². The third kappa shape index (κ3) is 2.62. The lowest BCUT2D eigenvalue weighted by Gasteiger charge is -2.18. The number of hydrogen-bond acceptors (Lipinski definition) is 2. The number of nitrogens with one attached hydrogen (secondary N) is 1. The summed E-state index contributed by atoms with van der Waals surface area (Å²) in [5.74, 6) is -1.16. The van der Waals surface area contributed by atoms with Crippen LogP contribution in [0, 0.1) is 11.6 Å². The largest absolute Gasteiger partial charge is 0.309 e. The summed E-state index contributed by atoms with van der Waals surface area (Å²) in [5, 5.41) is 7.30. The Bertz CT molecular complexity index is 625. The van der Waals surface area contributed by atoms with Gasteiger partial charge in [0.2, 0.25) is 0 Å². The van der Waals surface area contributed by atoms with E-state index in [-0.39, 0.29) is 10.0 Å². The Morgan fingerprint density at radius 3 is 2.70 bits per heavy atom. The molecule has 0 saturated heterocycles. The maximum atomic E-state index is 14.3. The summed E-state index contributed by atoms with van der Waals surface area (Å²) in [4.78, 5) is 0. The standard InChI is InChI=1S/C14H16BrF2N3/c1-4-11-8(7-20(3)19-11)14(18-2)12-10(16)6-5-9(15)13(12)17/h5-7,14,18H,4H2,1-3H3. The normalized spacial score (nSPS) is 12.7. The van der Waals surface area contributed by atoms with E-state index in [1.54, 1.807) is 25.0 Å². The average Bonchev–Trinajstić information content (AvgIpc) is 2.80. The van der Waals surface area contributed by atoms with E-state index in [9.17, 15) is 8.78 Å². The van der Waals surface area contributed by atoms with Gasteiger partial charge in [0.05, 0.1) is 16.2 Å². The maximum Gasteiger partial charge on any atom is 0.145 e. The molecule has 0 amide bonds. The van der Waals surface area contributed by atoms with Crippen LogP contribution in [0.3, 0.4) is 0 Å². The van der Waals surface area contributed by atoms with E-state index < -0.39 is 17.7 Å². The van der Waals surface area contributed by atoms with Gasteiger partial charge in [-0.25, -0.2) is 8.78 Å². The first-order valence-electron chi connectivity index (χ1n) is 6.32. The summed E-state index contributed by atoms with van der Waals surface area (Å²) in [6, 6.07) is 2.05. The van der Waals surface area contributed by atoms with Crippen LogP contribution in [0.15, 0.2) is 22.8 Å². The van der Waals surface area contributed by atoms with Crippen LogP contribution in [0.4, 0.5) is 8.78 Å². The molecule has 1 aromatic heterocycles. The Labute approximate surface area is 125 Å². The molecule has 0 spiro atoms. The Balaban J connectivity index is 2.61. The van der Waals surface area contributed by atoms with Crippen molar-refractivity contribution < 1.29 is 8.78 Å². The molecule has 0 saturated carbocycles. The van der Waals surface area contributed by atoms with Gasteiger partial charge in [-0.2, -0.15) is 5.10 Å². The monoisotopic (exact) mass is 343 g/mol. The Hall–Kier alpha value is -1.27. The van der Waals surface area contributed by atoms with Crippen LogP contribution in [0.2, 0.25) is 0 Å². The van der Waals surface area contributed by atoms with Crippen molar-refractivity contribution in [2.45, 2.75) is 19.4 Å². The van der Waals surface area contributed by atoms with Gasteiger partial charge in [-0.3, -0.25) is 4.68 Å². The molecule has 1 atom stereocenters. The zero-order valence-electron chi connectivity index (χ0n) is 11.5. The fraction of sp³-hybridized carbons (Fsp3) is 0.357. The molecule has 1 unspecified atom stereocenters. The molecular weight excluding hydrogens is 328 g/mol. The minimum atomic E-state index is -0.588. The molecule has 0 aliphatic carbocycles. The SMILES string of the molecule is CCc1nn(C)cc1C(NC)c1c(F)ccc(Br)c1F. The quantitative estimate of drug-likeness (QED) is 0.863. The zero-order valence-corrected chi connectivity index (χ0v) is 13.1. The van der Waals surface area contributed by atoms with Gasteiger partial charge < -0.3 is 5.32 Å². The first-order chi connectivity index (χ1) is 9.49. The van der Waals surface area contributed by atoms with E-state index in [1.807, 2.05) is 6.92 Å². The molecule has 0 aliphatic heterocycles. The molecule has 20 heavy (non-hydrogen) atoms. The lowest BCUT2D eigenvalue weighted by atomic mass is 9.97. The Morgan fingerprint density at radius 1 is 1.40 bits per heavy atom. The third-order valence-corrected chi connectivity index (χ3v) is 3.85. The second-order valence-electron chi connectivity index (χ2n) is 4.54. The van der Waals surface area contributed by atoms with Gasteiger partial charge in [-0.15, -0.1) is 0 Å². The number of hydrogen-bond donors (Lipinski definition) is 1. The van der Waals surface area contributed by atoms with Gasteiger partial charge in [0.15, 0.2) is 0 Å². The van der Waals surface area contributed by atoms with E-state index >= 15 is 0 Å². The molecular formula is C14H16BrF2N3. The van der Waals surface area contributed by atoms with Crippen molar-refractivity contribution in [3.05, 3.63) is 51.3 Å². The number of benzene rings is 1.